The van der Waals surface area contributed by atoms with E-state index in [4.69, 9.17) is 4.74 Å². The minimum absolute atomic E-state index is 0.238. The van der Waals surface area contributed by atoms with Crippen LogP contribution in [0, 0.1) is 12.3 Å². The van der Waals surface area contributed by atoms with Crippen molar-refractivity contribution >= 4 is 10.8 Å². The van der Waals surface area contributed by atoms with Gasteiger partial charge in [-0.05, 0) is 47.9 Å². The number of imidazole rings is 1. The maximum Gasteiger partial charge on any atom is 0.103 e. The molecule has 3 heteroatoms. The molecule has 1 aliphatic carbocycles. The largest absolute Gasteiger partial charge is 0.373 e. The SMILES string of the molecule is Cc1ncc(C2CC(C)(C)CCC2OCc2cccc3ccccc23)[nH]1. The first-order valence-electron chi connectivity index (χ1n) is 9.62. The van der Waals surface area contributed by atoms with Crippen LogP contribution in [0.4, 0.5) is 0 Å². The van der Waals surface area contributed by atoms with Crippen LogP contribution in [0.1, 0.15) is 56.1 Å². The molecular weight excluding hydrogens is 320 g/mol. The molecule has 1 N–H and O–H groups in total. The van der Waals surface area contributed by atoms with Gasteiger partial charge in [0.05, 0.1) is 12.7 Å². The fourth-order valence-corrected chi connectivity index (χ4v) is 4.32. The first-order chi connectivity index (χ1) is 12.5. The Hall–Kier alpha value is -2.13. The number of hydrogen-bond acceptors (Lipinski definition) is 2. The Morgan fingerprint density at radius 1 is 1.15 bits per heavy atom. The second-order valence-corrected chi connectivity index (χ2v) is 8.43. The molecule has 1 aliphatic rings. The van der Waals surface area contributed by atoms with Gasteiger partial charge in [0.1, 0.15) is 5.82 Å². The summed E-state index contributed by atoms with van der Waals surface area (Å²) in [6.07, 6.45) is 5.67. The molecule has 26 heavy (non-hydrogen) atoms. The van der Waals surface area contributed by atoms with Crippen molar-refractivity contribution in [1.29, 1.82) is 0 Å². The van der Waals surface area contributed by atoms with E-state index in [2.05, 4.69) is 66.3 Å². The number of aryl methyl sites for hydroxylation is 1. The van der Waals surface area contributed by atoms with E-state index >= 15 is 0 Å². The van der Waals surface area contributed by atoms with Crippen LogP contribution in [-0.2, 0) is 11.3 Å². The third kappa shape index (κ3) is 3.54. The zero-order valence-electron chi connectivity index (χ0n) is 16.0. The molecule has 4 rings (SSSR count). The van der Waals surface area contributed by atoms with Crippen molar-refractivity contribution < 1.29 is 4.74 Å². The minimum Gasteiger partial charge on any atom is -0.373 e. The summed E-state index contributed by atoms with van der Waals surface area (Å²) < 4.78 is 6.50. The molecule has 2 atom stereocenters. The maximum absolute atomic E-state index is 6.50. The highest BCUT2D eigenvalue weighted by molar-refractivity contribution is 5.85. The van der Waals surface area contributed by atoms with Crippen LogP contribution in [0.3, 0.4) is 0 Å². The highest BCUT2D eigenvalue weighted by atomic mass is 16.5. The first kappa shape index (κ1) is 17.3. The average Bonchev–Trinajstić information content (AvgIpc) is 3.06. The van der Waals surface area contributed by atoms with Gasteiger partial charge in [-0.2, -0.15) is 0 Å². The minimum atomic E-state index is 0.238. The Labute approximate surface area is 155 Å². The number of hydrogen-bond donors (Lipinski definition) is 1. The number of aromatic nitrogens is 2. The Bertz CT molecular complexity index is 891. The van der Waals surface area contributed by atoms with Crippen molar-refractivity contribution in [2.24, 2.45) is 5.41 Å². The van der Waals surface area contributed by atoms with Gasteiger partial charge < -0.3 is 9.72 Å². The molecule has 136 valence electrons. The maximum atomic E-state index is 6.50. The van der Waals surface area contributed by atoms with Gasteiger partial charge in [-0.25, -0.2) is 4.98 Å². The molecule has 1 heterocycles. The Morgan fingerprint density at radius 2 is 1.96 bits per heavy atom. The third-order valence-electron chi connectivity index (χ3n) is 5.78. The van der Waals surface area contributed by atoms with Gasteiger partial charge in [-0.1, -0.05) is 56.3 Å². The number of fused-ring (bicyclic) bond motifs is 1. The summed E-state index contributed by atoms with van der Waals surface area (Å²) in [4.78, 5) is 7.87. The molecule has 0 spiro atoms. The summed E-state index contributed by atoms with van der Waals surface area (Å²) in [5.74, 6) is 1.37. The average molecular weight is 348 g/mol. The zero-order valence-corrected chi connectivity index (χ0v) is 16.0. The molecule has 0 saturated heterocycles. The molecular formula is C23H28N2O. The topological polar surface area (TPSA) is 37.9 Å². The van der Waals surface area contributed by atoms with Crippen LogP contribution < -0.4 is 0 Å². The summed E-state index contributed by atoms with van der Waals surface area (Å²) in [7, 11) is 0. The Kier molecular flexibility index (Phi) is 4.58. The van der Waals surface area contributed by atoms with Crippen molar-refractivity contribution in [2.75, 3.05) is 0 Å². The predicted molar refractivity (Wildman–Crippen MR) is 106 cm³/mol. The quantitative estimate of drug-likeness (QED) is 0.652. The molecule has 0 bridgehead atoms. The van der Waals surface area contributed by atoms with Crippen molar-refractivity contribution in [3.05, 3.63) is 65.7 Å². The van der Waals surface area contributed by atoms with Gasteiger partial charge in [0, 0.05) is 17.8 Å². The van der Waals surface area contributed by atoms with Crippen LogP contribution in [-0.4, -0.2) is 16.1 Å². The lowest BCUT2D eigenvalue weighted by molar-refractivity contribution is -0.0224. The second kappa shape index (κ2) is 6.88. The summed E-state index contributed by atoms with van der Waals surface area (Å²) in [6.45, 7) is 7.41. The van der Waals surface area contributed by atoms with Gasteiger partial charge >= 0.3 is 0 Å². The number of nitrogens with one attached hydrogen (secondary N) is 1. The van der Waals surface area contributed by atoms with Gasteiger partial charge in [-0.3, -0.25) is 0 Å². The highest BCUT2D eigenvalue weighted by Gasteiger charge is 2.37. The fraction of sp³-hybridized carbons (Fsp3) is 0.435. The van der Waals surface area contributed by atoms with E-state index in [0.717, 1.165) is 18.7 Å². The fourth-order valence-electron chi connectivity index (χ4n) is 4.32. The molecule has 0 aliphatic heterocycles. The number of benzene rings is 2. The number of rotatable bonds is 4. The van der Waals surface area contributed by atoms with Crippen LogP contribution in [0.5, 0.6) is 0 Å². The summed E-state index contributed by atoms with van der Waals surface area (Å²) >= 11 is 0. The van der Waals surface area contributed by atoms with E-state index in [-0.39, 0.29) is 6.10 Å². The van der Waals surface area contributed by atoms with Crippen LogP contribution in [0.2, 0.25) is 0 Å². The molecule has 0 amide bonds. The zero-order chi connectivity index (χ0) is 18.1. The second-order valence-electron chi connectivity index (χ2n) is 8.43. The third-order valence-corrected chi connectivity index (χ3v) is 5.78. The molecule has 2 unspecified atom stereocenters. The number of nitrogens with zero attached hydrogens (tertiary/aromatic N) is 1. The summed E-state index contributed by atoms with van der Waals surface area (Å²) in [5, 5.41) is 2.57. The van der Waals surface area contributed by atoms with E-state index in [1.165, 1.54) is 28.5 Å². The smallest absolute Gasteiger partial charge is 0.103 e. The molecule has 3 aromatic rings. The van der Waals surface area contributed by atoms with Crippen molar-refractivity contribution in [1.82, 2.24) is 9.97 Å². The molecule has 3 nitrogen and oxygen atoms in total. The van der Waals surface area contributed by atoms with Crippen molar-refractivity contribution in [2.45, 2.75) is 58.7 Å². The molecule has 1 aromatic heterocycles. The van der Waals surface area contributed by atoms with Crippen LogP contribution in [0.15, 0.2) is 48.7 Å². The lowest BCUT2D eigenvalue weighted by atomic mass is 9.70. The predicted octanol–water partition coefficient (Wildman–Crippen LogP) is 5.75. The van der Waals surface area contributed by atoms with E-state index in [9.17, 15) is 0 Å². The van der Waals surface area contributed by atoms with Gasteiger partial charge in [0.2, 0.25) is 0 Å². The van der Waals surface area contributed by atoms with Gasteiger partial charge in [-0.15, -0.1) is 0 Å². The van der Waals surface area contributed by atoms with Gasteiger partial charge in [0.15, 0.2) is 0 Å². The van der Waals surface area contributed by atoms with E-state index in [0.29, 0.717) is 17.9 Å². The molecule has 1 saturated carbocycles. The number of ether oxygens (including phenoxy) is 1. The van der Waals surface area contributed by atoms with E-state index in [1.807, 2.05) is 13.1 Å². The number of aromatic amines is 1. The lowest BCUT2D eigenvalue weighted by Gasteiger charge is -2.40. The van der Waals surface area contributed by atoms with Gasteiger partial charge in [0.25, 0.3) is 0 Å². The molecule has 0 radical (unpaired) electrons. The number of H-pyrrole nitrogens is 1. The van der Waals surface area contributed by atoms with E-state index < -0.39 is 0 Å². The monoisotopic (exact) mass is 348 g/mol. The lowest BCUT2D eigenvalue weighted by Crippen LogP contribution is -2.34. The van der Waals surface area contributed by atoms with Crippen molar-refractivity contribution in [3.63, 3.8) is 0 Å². The summed E-state index contributed by atoms with van der Waals surface area (Å²) in [6, 6.07) is 15.0. The summed E-state index contributed by atoms with van der Waals surface area (Å²) in [5.41, 5.74) is 2.84. The highest BCUT2D eigenvalue weighted by Crippen LogP contribution is 2.44. The van der Waals surface area contributed by atoms with Crippen molar-refractivity contribution in [3.8, 4) is 0 Å². The Balaban J connectivity index is 1.55. The molecule has 1 fully saturated rings. The molecule has 2 aromatic carbocycles. The first-order valence-corrected chi connectivity index (χ1v) is 9.62. The van der Waals surface area contributed by atoms with Crippen LogP contribution in [0.25, 0.3) is 10.8 Å². The Morgan fingerprint density at radius 3 is 2.77 bits per heavy atom. The van der Waals surface area contributed by atoms with Crippen LogP contribution >= 0.6 is 0 Å². The normalized spacial score (nSPS) is 22.6. The van der Waals surface area contributed by atoms with E-state index in [1.54, 1.807) is 0 Å². The standard InChI is InChI=1S/C23H28N2O/c1-16-24-14-21(25-16)20-13-23(2,3)12-11-22(20)26-15-18-9-6-8-17-7-4-5-10-19(17)18/h4-10,14,20,22H,11-13,15H2,1-3H3,(H,24,25).